The summed E-state index contributed by atoms with van der Waals surface area (Å²) in [6.45, 7) is 1.65. The van der Waals surface area contributed by atoms with Crippen molar-refractivity contribution in [3.8, 4) is 5.75 Å². The topological polar surface area (TPSA) is 64.5 Å². The molecule has 0 aliphatic carbocycles. The Bertz CT molecular complexity index is 663. The van der Waals surface area contributed by atoms with Gasteiger partial charge >= 0.3 is 0 Å². The highest BCUT2D eigenvalue weighted by Gasteiger charge is 2.26. The lowest BCUT2D eigenvalue weighted by molar-refractivity contribution is -0.0210. The van der Waals surface area contributed by atoms with Crippen LogP contribution < -0.4 is 4.74 Å². The lowest BCUT2D eigenvalue weighted by Crippen LogP contribution is -2.46. The molecular weight excluding hydrogens is 294 g/mol. The van der Waals surface area contributed by atoms with Crippen molar-refractivity contribution in [2.24, 2.45) is 0 Å². The minimum absolute atomic E-state index is 0.0310. The second kappa shape index (κ2) is 7.19. The van der Waals surface area contributed by atoms with E-state index in [1.165, 1.54) is 12.4 Å². The second-order valence-corrected chi connectivity index (χ2v) is 5.39. The molecule has 2 aromatic rings. The predicted molar refractivity (Wildman–Crippen MR) is 84.4 cm³/mol. The molecule has 0 saturated carbocycles. The SMILES string of the molecule is COc1cccc(C[C@@H]2CN(C(=O)c3cnccn3)CCO2)c1. The van der Waals surface area contributed by atoms with E-state index in [0.29, 0.717) is 25.4 Å². The van der Waals surface area contributed by atoms with Crippen LogP contribution in [0.25, 0.3) is 0 Å². The molecule has 0 spiro atoms. The molecular formula is C17H19N3O3. The fourth-order valence-corrected chi connectivity index (χ4v) is 2.66. The number of carbonyl (C=O) groups is 1. The molecule has 6 nitrogen and oxygen atoms in total. The summed E-state index contributed by atoms with van der Waals surface area (Å²) in [4.78, 5) is 22.2. The number of amides is 1. The first-order chi connectivity index (χ1) is 11.3. The minimum Gasteiger partial charge on any atom is -0.497 e. The van der Waals surface area contributed by atoms with Gasteiger partial charge in [-0.05, 0) is 17.7 Å². The number of benzene rings is 1. The van der Waals surface area contributed by atoms with Crippen LogP contribution in [0.3, 0.4) is 0 Å². The van der Waals surface area contributed by atoms with Crippen LogP contribution in [0.5, 0.6) is 5.75 Å². The van der Waals surface area contributed by atoms with Gasteiger partial charge < -0.3 is 14.4 Å². The molecule has 2 heterocycles. The molecule has 1 aromatic heterocycles. The van der Waals surface area contributed by atoms with Crippen LogP contribution in [-0.4, -0.2) is 53.7 Å². The van der Waals surface area contributed by atoms with Gasteiger partial charge in [0.25, 0.3) is 5.91 Å². The van der Waals surface area contributed by atoms with E-state index in [4.69, 9.17) is 9.47 Å². The van der Waals surface area contributed by atoms with Gasteiger partial charge in [0.1, 0.15) is 11.4 Å². The zero-order valence-electron chi connectivity index (χ0n) is 13.0. The van der Waals surface area contributed by atoms with Crippen LogP contribution in [0.4, 0.5) is 0 Å². The Morgan fingerprint density at radius 1 is 1.43 bits per heavy atom. The molecule has 1 amide bonds. The number of nitrogens with zero attached hydrogens (tertiary/aromatic N) is 3. The van der Waals surface area contributed by atoms with E-state index in [2.05, 4.69) is 9.97 Å². The van der Waals surface area contributed by atoms with Gasteiger partial charge in [-0.1, -0.05) is 12.1 Å². The van der Waals surface area contributed by atoms with Crippen molar-refractivity contribution in [3.05, 3.63) is 54.1 Å². The number of rotatable bonds is 4. The Kier molecular flexibility index (Phi) is 4.83. The van der Waals surface area contributed by atoms with Crippen molar-refractivity contribution in [1.29, 1.82) is 0 Å². The molecule has 1 fully saturated rings. The summed E-state index contributed by atoms with van der Waals surface area (Å²) < 4.78 is 11.0. The third-order valence-corrected chi connectivity index (χ3v) is 3.81. The van der Waals surface area contributed by atoms with Gasteiger partial charge in [-0.25, -0.2) is 4.98 Å². The summed E-state index contributed by atoms with van der Waals surface area (Å²) in [5, 5.41) is 0. The number of aromatic nitrogens is 2. The summed E-state index contributed by atoms with van der Waals surface area (Å²) in [6, 6.07) is 7.90. The first-order valence-corrected chi connectivity index (χ1v) is 7.56. The van der Waals surface area contributed by atoms with Crippen LogP contribution in [0.1, 0.15) is 16.1 Å². The van der Waals surface area contributed by atoms with Crippen molar-refractivity contribution in [3.63, 3.8) is 0 Å². The fraction of sp³-hybridized carbons (Fsp3) is 0.353. The molecule has 6 heteroatoms. The molecule has 0 bridgehead atoms. The third kappa shape index (κ3) is 3.84. The number of methoxy groups -OCH3 is 1. The van der Waals surface area contributed by atoms with E-state index >= 15 is 0 Å². The number of carbonyl (C=O) groups excluding carboxylic acids is 1. The third-order valence-electron chi connectivity index (χ3n) is 3.81. The van der Waals surface area contributed by atoms with Crippen molar-refractivity contribution in [2.45, 2.75) is 12.5 Å². The van der Waals surface area contributed by atoms with Gasteiger partial charge in [0.15, 0.2) is 0 Å². The van der Waals surface area contributed by atoms with E-state index in [0.717, 1.165) is 17.7 Å². The number of hydrogen-bond donors (Lipinski definition) is 0. The number of hydrogen-bond acceptors (Lipinski definition) is 5. The minimum atomic E-state index is -0.1000. The lowest BCUT2D eigenvalue weighted by atomic mass is 10.1. The van der Waals surface area contributed by atoms with Gasteiger partial charge in [0, 0.05) is 31.9 Å². The molecule has 3 rings (SSSR count). The maximum absolute atomic E-state index is 12.4. The molecule has 23 heavy (non-hydrogen) atoms. The van der Waals surface area contributed by atoms with Crippen LogP contribution in [0.2, 0.25) is 0 Å². The zero-order chi connectivity index (χ0) is 16.1. The van der Waals surface area contributed by atoms with Crippen LogP contribution in [-0.2, 0) is 11.2 Å². The lowest BCUT2D eigenvalue weighted by Gasteiger charge is -2.32. The highest BCUT2D eigenvalue weighted by Crippen LogP contribution is 2.17. The van der Waals surface area contributed by atoms with Crippen LogP contribution >= 0.6 is 0 Å². The predicted octanol–water partition coefficient (Wildman–Crippen LogP) is 1.57. The molecule has 0 radical (unpaired) electrons. The Balaban J connectivity index is 1.65. The summed E-state index contributed by atoms with van der Waals surface area (Å²) in [6.07, 6.45) is 5.29. The molecule has 0 unspecified atom stereocenters. The Morgan fingerprint density at radius 3 is 3.13 bits per heavy atom. The normalized spacial score (nSPS) is 17.8. The maximum atomic E-state index is 12.4. The molecule has 1 aromatic carbocycles. The standard InChI is InChI=1S/C17H19N3O3/c1-22-14-4-2-3-13(9-14)10-15-12-20(7-8-23-15)17(21)16-11-18-5-6-19-16/h2-6,9,11,15H,7-8,10,12H2,1H3/t15-/m1/s1. The van der Waals surface area contributed by atoms with E-state index in [1.807, 2.05) is 24.3 Å². The molecule has 1 aliphatic rings. The van der Waals surface area contributed by atoms with Crippen LogP contribution in [0, 0.1) is 0 Å². The molecule has 120 valence electrons. The smallest absolute Gasteiger partial charge is 0.274 e. The highest BCUT2D eigenvalue weighted by molar-refractivity contribution is 5.92. The first-order valence-electron chi connectivity index (χ1n) is 7.56. The van der Waals surface area contributed by atoms with Gasteiger partial charge in [-0.3, -0.25) is 9.78 Å². The molecule has 0 N–H and O–H groups in total. The summed E-state index contributed by atoms with van der Waals surface area (Å²) >= 11 is 0. The average molecular weight is 313 g/mol. The van der Waals surface area contributed by atoms with Gasteiger partial charge in [0.05, 0.1) is 26.0 Å². The molecule has 1 atom stereocenters. The number of morpholine rings is 1. The van der Waals surface area contributed by atoms with E-state index in [-0.39, 0.29) is 12.0 Å². The Labute approximate surface area is 135 Å². The van der Waals surface area contributed by atoms with Gasteiger partial charge in [0.2, 0.25) is 0 Å². The van der Waals surface area contributed by atoms with E-state index in [1.54, 1.807) is 18.2 Å². The summed E-state index contributed by atoms with van der Waals surface area (Å²) in [5.74, 6) is 0.725. The largest absolute Gasteiger partial charge is 0.497 e. The summed E-state index contributed by atoms with van der Waals surface area (Å²) in [5.41, 5.74) is 1.50. The van der Waals surface area contributed by atoms with Crippen molar-refractivity contribution in [2.75, 3.05) is 26.8 Å². The highest BCUT2D eigenvalue weighted by atomic mass is 16.5. The van der Waals surface area contributed by atoms with E-state index < -0.39 is 0 Å². The van der Waals surface area contributed by atoms with E-state index in [9.17, 15) is 4.79 Å². The number of ether oxygens (including phenoxy) is 2. The zero-order valence-corrected chi connectivity index (χ0v) is 13.0. The fourth-order valence-electron chi connectivity index (χ4n) is 2.66. The van der Waals surface area contributed by atoms with Crippen LogP contribution in [0.15, 0.2) is 42.9 Å². The quantitative estimate of drug-likeness (QED) is 0.857. The maximum Gasteiger partial charge on any atom is 0.274 e. The Morgan fingerprint density at radius 2 is 2.35 bits per heavy atom. The van der Waals surface area contributed by atoms with Gasteiger partial charge in [-0.2, -0.15) is 0 Å². The first kappa shape index (κ1) is 15.4. The van der Waals surface area contributed by atoms with Crippen molar-refractivity contribution < 1.29 is 14.3 Å². The average Bonchev–Trinajstić information content (AvgIpc) is 2.62. The Hall–Kier alpha value is -2.47. The monoisotopic (exact) mass is 313 g/mol. The van der Waals surface area contributed by atoms with Crippen molar-refractivity contribution >= 4 is 5.91 Å². The van der Waals surface area contributed by atoms with Gasteiger partial charge in [-0.15, -0.1) is 0 Å². The second-order valence-electron chi connectivity index (χ2n) is 5.39. The summed E-state index contributed by atoms with van der Waals surface area (Å²) in [7, 11) is 1.65. The molecule has 1 aliphatic heterocycles. The molecule has 1 saturated heterocycles. The van der Waals surface area contributed by atoms with Crippen molar-refractivity contribution in [1.82, 2.24) is 14.9 Å².